The van der Waals surface area contributed by atoms with Crippen LogP contribution in [0.25, 0.3) is 0 Å². The minimum absolute atomic E-state index is 0.0947. The normalized spacial score (nSPS) is 16.2. The summed E-state index contributed by atoms with van der Waals surface area (Å²) >= 11 is 0. The summed E-state index contributed by atoms with van der Waals surface area (Å²) in [5, 5.41) is 4.19. The number of likely N-dealkylation sites (tertiary alicyclic amines) is 1. The van der Waals surface area contributed by atoms with Crippen LogP contribution in [-0.2, 0) is 6.54 Å². The maximum Gasteiger partial charge on any atom is 0.257 e. The minimum Gasteiger partial charge on any atom is -0.338 e. The lowest BCUT2D eigenvalue weighted by atomic mass is 10.0. The van der Waals surface area contributed by atoms with Crippen LogP contribution in [0.4, 0.5) is 0 Å². The first-order chi connectivity index (χ1) is 10.6. The van der Waals surface area contributed by atoms with Crippen molar-refractivity contribution in [2.24, 2.45) is 0 Å². The van der Waals surface area contributed by atoms with Gasteiger partial charge < -0.3 is 9.47 Å². The number of carbonyl (C=O) groups excluding carboxylic acids is 1. The van der Waals surface area contributed by atoms with Gasteiger partial charge in [0, 0.05) is 43.8 Å². The molecular formula is C16H23N5O. The van der Waals surface area contributed by atoms with E-state index in [2.05, 4.69) is 21.6 Å². The number of piperidine rings is 1. The summed E-state index contributed by atoms with van der Waals surface area (Å²) in [5.41, 5.74) is 1.89. The van der Waals surface area contributed by atoms with Crippen LogP contribution in [0, 0.1) is 13.8 Å². The van der Waals surface area contributed by atoms with E-state index in [4.69, 9.17) is 0 Å². The molecule has 1 fully saturated rings. The van der Waals surface area contributed by atoms with Gasteiger partial charge in [0.2, 0.25) is 0 Å². The molecule has 2 aromatic rings. The molecular weight excluding hydrogens is 278 g/mol. The number of aryl methyl sites for hydroxylation is 3. The highest BCUT2D eigenvalue weighted by molar-refractivity contribution is 5.93. The molecule has 2 aromatic heterocycles. The SMILES string of the molecule is CCn1cc(C(=O)N2CCC(n3c(C)cnc3C)CC2)cn1. The fourth-order valence-electron chi connectivity index (χ4n) is 3.28. The Labute approximate surface area is 130 Å². The molecule has 6 heteroatoms. The van der Waals surface area contributed by atoms with Crippen molar-refractivity contribution < 1.29 is 4.79 Å². The number of imidazole rings is 1. The Morgan fingerprint density at radius 3 is 2.55 bits per heavy atom. The number of rotatable bonds is 3. The molecule has 0 spiro atoms. The lowest BCUT2D eigenvalue weighted by molar-refractivity contribution is 0.0693. The van der Waals surface area contributed by atoms with Crippen LogP contribution in [0.15, 0.2) is 18.6 Å². The minimum atomic E-state index is 0.0947. The van der Waals surface area contributed by atoms with Crippen LogP contribution in [0.1, 0.15) is 47.7 Å². The number of hydrogen-bond acceptors (Lipinski definition) is 3. The molecule has 1 saturated heterocycles. The molecule has 0 saturated carbocycles. The molecule has 1 aliphatic heterocycles. The Bertz CT molecular complexity index is 644. The Morgan fingerprint density at radius 1 is 1.27 bits per heavy atom. The number of nitrogens with zero attached hydrogens (tertiary/aromatic N) is 5. The number of amides is 1. The molecule has 0 atom stereocenters. The van der Waals surface area contributed by atoms with Crippen LogP contribution in [0.3, 0.4) is 0 Å². The molecule has 118 valence electrons. The maximum absolute atomic E-state index is 12.5. The fraction of sp³-hybridized carbons (Fsp3) is 0.562. The van der Waals surface area contributed by atoms with Crippen molar-refractivity contribution >= 4 is 5.91 Å². The van der Waals surface area contributed by atoms with Gasteiger partial charge in [-0.2, -0.15) is 5.10 Å². The lowest BCUT2D eigenvalue weighted by Crippen LogP contribution is -2.39. The van der Waals surface area contributed by atoms with Gasteiger partial charge in [-0.15, -0.1) is 0 Å². The average Bonchev–Trinajstić information content (AvgIpc) is 3.14. The van der Waals surface area contributed by atoms with Gasteiger partial charge in [0.25, 0.3) is 5.91 Å². The smallest absolute Gasteiger partial charge is 0.257 e. The Morgan fingerprint density at radius 2 is 2.00 bits per heavy atom. The quantitative estimate of drug-likeness (QED) is 0.873. The van der Waals surface area contributed by atoms with Crippen molar-refractivity contribution in [2.45, 2.75) is 46.2 Å². The van der Waals surface area contributed by atoms with E-state index >= 15 is 0 Å². The Hall–Kier alpha value is -2.11. The first-order valence-electron chi connectivity index (χ1n) is 7.92. The Kier molecular flexibility index (Phi) is 4.00. The van der Waals surface area contributed by atoms with Gasteiger partial charge in [-0.05, 0) is 33.6 Å². The second kappa shape index (κ2) is 5.94. The van der Waals surface area contributed by atoms with E-state index in [1.54, 1.807) is 10.9 Å². The summed E-state index contributed by atoms with van der Waals surface area (Å²) in [5.74, 6) is 1.16. The van der Waals surface area contributed by atoms with Crippen molar-refractivity contribution in [3.8, 4) is 0 Å². The molecule has 22 heavy (non-hydrogen) atoms. The van der Waals surface area contributed by atoms with Gasteiger partial charge in [0.15, 0.2) is 0 Å². The van der Waals surface area contributed by atoms with E-state index in [9.17, 15) is 4.79 Å². The molecule has 1 aliphatic rings. The fourth-order valence-corrected chi connectivity index (χ4v) is 3.28. The van der Waals surface area contributed by atoms with E-state index in [1.807, 2.05) is 31.1 Å². The Balaban J connectivity index is 1.65. The second-order valence-electron chi connectivity index (χ2n) is 5.92. The van der Waals surface area contributed by atoms with Crippen LogP contribution >= 0.6 is 0 Å². The molecule has 3 rings (SSSR count). The van der Waals surface area contributed by atoms with Crippen LogP contribution in [0.2, 0.25) is 0 Å². The summed E-state index contributed by atoms with van der Waals surface area (Å²) in [6.45, 7) is 8.52. The van der Waals surface area contributed by atoms with Gasteiger partial charge in [-0.3, -0.25) is 9.48 Å². The van der Waals surface area contributed by atoms with Crippen LogP contribution in [-0.4, -0.2) is 43.2 Å². The van der Waals surface area contributed by atoms with Crippen molar-refractivity contribution in [2.75, 3.05) is 13.1 Å². The molecule has 0 N–H and O–H groups in total. The van der Waals surface area contributed by atoms with Crippen LogP contribution < -0.4 is 0 Å². The predicted octanol–water partition coefficient (Wildman–Crippen LogP) is 2.19. The summed E-state index contributed by atoms with van der Waals surface area (Å²) in [7, 11) is 0. The van der Waals surface area contributed by atoms with E-state index < -0.39 is 0 Å². The summed E-state index contributed by atoms with van der Waals surface area (Å²) in [6.07, 6.45) is 7.38. The van der Waals surface area contributed by atoms with Gasteiger partial charge in [-0.1, -0.05) is 0 Å². The summed E-state index contributed by atoms with van der Waals surface area (Å²) in [6, 6.07) is 0.449. The largest absolute Gasteiger partial charge is 0.338 e. The van der Waals surface area contributed by atoms with Crippen molar-refractivity contribution in [1.82, 2.24) is 24.2 Å². The highest BCUT2D eigenvalue weighted by Crippen LogP contribution is 2.26. The summed E-state index contributed by atoms with van der Waals surface area (Å²) in [4.78, 5) is 18.8. The zero-order valence-corrected chi connectivity index (χ0v) is 13.5. The van der Waals surface area contributed by atoms with Gasteiger partial charge >= 0.3 is 0 Å². The van der Waals surface area contributed by atoms with Gasteiger partial charge in [0.05, 0.1) is 11.8 Å². The van der Waals surface area contributed by atoms with Gasteiger partial charge in [-0.25, -0.2) is 4.98 Å². The standard InChI is InChI=1S/C16H23N5O/c1-4-20-11-14(10-18-20)16(22)19-7-5-15(6-8-19)21-12(2)9-17-13(21)3/h9-11,15H,4-8H2,1-3H3. The van der Waals surface area contributed by atoms with Gasteiger partial charge in [0.1, 0.15) is 5.82 Å². The monoisotopic (exact) mass is 301 g/mol. The van der Waals surface area contributed by atoms with Crippen molar-refractivity contribution in [3.63, 3.8) is 0 Å². The molecule has 0 aliphatic carbocycles. The molecule has 6 nitrogen and oxygen atoms in total. The maximum atomic E-state index is 12.5. The third-order valence-corrected chi connectivity index (χ3v) is 4.49. The molecule has 0 unspecified atom stereocenters. The first kappa shape index (κ1) is 14.8. The topological polar surface area (TPSA) is 56.0 Å². The third kappa shape index (κ3) is 2.65. The molecule has 0 radical (unpaired) electrons. The second-order valence-corrected chi connectivity index (χ2v) is 5.92. The lowest BCUT2D eigenvalue weighted by Gasteiger charge is -2.33. The molecule has 1 amide bonds. The predicted molar refractivity (Wildman–Crippen MR) is 83.8 cm³/mol. The molecule has 3 heterocycles. The van der Waals surface area contributed by atoms with Crippen molar-refractivity contribution in [1.29, 1.82) is 0 Å². The van der Waals surface area contributed by atoms with E-state index in [0.29, 0.717) is 11.6 Å². The third-order valence-electron chi connectivity index (χ3n) is 4.49. The summed E-state index contributed by atoms with van der Waals surface area (Å²) < 4.78 is 4.09. The van der Waals surface area contributed by atoms with Crippen molar-refractivity contribution in [3.05, 3.63) is 35.7 Å². The zero-order chi connectivity index (χ0) is 15.7. The zero-order valence-electron chi connectivity index (χ0n) is 13.5. The average molecular weight is 301 g/mol. The van der Waals surface area contributed by atoms with E-state index in [-0.39, 0.29) is 5.91 Å². The number of carbonyl (C=O) groups is 1. The number of aromatic nitrogens is 4. The highest BCUT2D eigenvalue weighted by atomic mass is 16.2. The van der Waals surface area contributed by atoms with Crippen LogP contribution in [0.5, 0.6) is 0 Å². The highest BCUT2D eigenvalue weighted by Gasteiger charge is 2.26. The number of hydrogen-bond donors (Lipinski definition) is 0. The molecule has 0 bridgehead atoms. The van der Waals surface area contributed by atoms with E-state index in [1.165, 1.54) is 5.69 Å². The van der Waals surface area contributed by atoms with E-state index in [0.717, 1.165) is 38.3 Å². The molecule has 0 aromatic carbocycles. The first-order valence-corrected chi connectivity index (χ1v) is 7.92.